The molecule has 5 heteroatoms. The van der Waals surface area contributed by atoms with Gasteiger partial charge in [-0.25, -0.2) is 4.79 Å². The first-order chi connectivity index (χ1) is 9.06. The number of carbonyl (C=O) groups is 3. The molecule has 0 aliphatic carbocycles. The van der Waals surface area contributed by atoms with Gasteiger partial charge in [-0.1, -0.05) is 18.2 Å². The van der Waals surface area contributed by atoms with E-state index in [9.17, 15) is 14.4 Å². The average Bonchev–Trinajstić information content (AvgIpc) is 2.73. The second-order valence-corrected chi connectivity index (χ2v) is 4.22. The molecule has 1 aliphatic rings. The lowest BCUT2D eigenvalue weighted by atomic mass is 9.98. The summed E-state index contributed by atoms with van der Waals surface area (Å²) in [5, 5.41) is 0. The quantitative estimate of drug-likeness (QED) is 0.593. The van der Waals surface area contributed by atoms with Crippen LogP contribution in [0.2, 0.25) is 0 Å². The van der Waals surface area contributed by atoms with Crippen LogP contribution in [0.1, 0.15) is 35.9 Å². The highest BCUT2D eigenvalue weighted by atomic mass is 16.6. The zero-order chi connectivity index (χ0) is 14.0. The van der Waals surface area contributed by atoms with Crippen molar-refractivity contribution >= 4 is 17.5 Å². The van der Waals surface area contributed by atoms with Gasteiger partial charge in [0.15, 0.2) is 18.0 Å². The van der Waals surface area contributed by atoms with E-state index in [1.165, 1.54) is 6.92 Å². The molecule has 0 amide bonds. The Morgan fingerprint density at radius 3 is 2.68 bits per heavy atom. The number of carbonyl (C=O) groups excluding carboxylic acids is 3. The van der Waals surface area contributed by atoms with Gasteiger partial charge >= 0.3 is 5.97 Å². The van der Waals surface area contributed by atoms with E-state index in [1.807, 2.05) is 0 Å². The largest absolute Gasteiger partial charge is 0.446 e. The average molecular weight is 262 g/mol. The first kappa shape index (κ1) is 13.4. The van der Waals surface area contributed by atoms with E-state index in [0.717, 1.165) is 0 Å². The van der Waals surface area contributed by atoms with Crippen LogP contribution in [0.4, 0.5) is 0 Å². The molecule has 100 valence electrons. The summed E-state index contributed by atoms with van der Waals surface area (Å²) >= 11 is 0. The van der Waals surface area contributed by atoms with Crippen molar-refractivity contribution in [2.24, 2.45) is 0 Å². The van der Waals surface area contributed by atoms with E-state index < -0.39 is 29.7 Å². The maximum absolute atomic E-state index is 12.3. The van der Waals surface area contributed by atoms with Crippen molar-refractivity contribution in [2.45, 2.75) is 26.1 Å². The van der Waals surface area contributed by atoms with Crippen LogP contribution in [0.3, 0.4) is 0 Å². The Morgan fingerprint density at radius 1 is 1.37 bits per heavy atom. The van der Waals surface area contributed by atoms with Crippen LogP contribution in [-0.2, 0) is 19.1 Å². The summed E-state index contributed by atoms with van der Waals surface area (Å²) in [6, 6.07) is 6.64. The predicted molar refractivity (Wildman–Crippen MR) is 65.7 cm³/mol. The van der Waals surface area contributed by atoms with Gasteiger partial charge in [-0.05, 0) is 19.9 Å². The summed E-state index contributed by atoms with van der Waals surface area (Å²) in [6.45, 7) is 3.21. The summed E-state index contributed by atoms with van der Waals surface area (Å²) in [7, 11) is 0. The number of Topliss-reactive ketones (excluding diaryl/α,β-unsaturated/α-hetero) is 2. The van der Waals surface area contributed by atoms with E-state index >= 15 is 0 Å². The van der Waals surface area contributed by atoms with Crippen molar-refractivity contribution in [3.8, 4) is 0 Å². The first-order valence-electron chi connectivity index (χ1n) is 6.02. The number of hydrogen-bond donors (Lipinski definition) is 0. The fourth-order valence-electron chi connectivity index (χ4n) is 2.06. The number of ketones is 2. The van der Waals surface area contributed by atoms with Crippen molar-refractivity contribution in [3.63, 3.8) is 0 Å². The number of hydrogen-bond acceptors (Lipinski definition) is 5. The smallest absolute Gasteiger partial charge is 0.339 e. The van der Waals surface area contributed by atoms with Crippen LogP contribution in [0.5, 0.6) is 0 Å². The Labute approximate surface area is 110 Å². The number of ether oxygens (including phenoxy) is 2. The third kappa shape index (κ3) is 2.42. The Hall–Kier alpha value is -2.01. The van der Waals surface area contributed by atoms with Crippen molar-refractivity contribution in [1.82, 2.24) is 0 Å². The van der Waals surface area contributed by atoms with Gasteiger partial charge in [0.05, 0.1) is 5.56 Å². The van der Waals surface area contributed by atoms with E-state index in [0.29, 0.717) is 11.1 Å². The fourth-order valence-corrected chi connectivity index (χ4v) is 2.06. The van der Waals surface area contributed by atoms with Crippen molar-refractivity contribution in [2.75, 3.05) is 6.61 Å². The number of fused-ring (bicyclic) bond motifs is 1. The van der Waals surface area contributed by atoms with Crippen LogP contribution < -0.4 is 0 Å². The Bertz CT molecular complexity index is 534. The van der Waals surface area contributed by atoms with Crippen LogP contribution >= 0.6 is 0 Å². The summed E-state index contributed by atoms with van der Waals surface area (Å²) in [5.41, 5.74) is 0.850. The Kier molecular flexibility index (Phi) is 3.76. The summed E-state index contributed by atoms with van der Waals surface area (Å²) in [5.74, 6) is -1.48. The minimum absolute atomic E-state index is 0.234. The molecule has 0 N–H and O–H groups in total. The molecule has 0 radical (unpaired) electrons. The molecule has 1 aromatic rings. The van der Waals surface area contributed by atoms with Crippen LogP contribution in [0.25, 0.3) is 0 Å². The SMILES string of the molecule is CCOC(C(C)=O)C(=O)C1OC(=O)c2ccccc21. The van der Waals surface area contributed by atoms with Crippen molar-refractivity contribution in [1.29, 1.82) is 0 Å². The molecule has 19 heavy (non-hydrogen) atoms. The number of benzene rings is 1. The molecule has 2 unspecified atom stereocenters. The van der Waals surface area contributed by atoms with Gasteiger partial charge < -0.3 is 9.47 Å². The van der Waals surface area contributed by atoms with E-state index in [2.05, 4.69) is 0 Å². The summed E-state index contributed by atoms with van der Waals surface area (Å²) < 4.78 is 10.2. The molecule has 1 aliphatic heterocycles. The topological polar surface area (TPSA) is 69.7 Å². The minimum atomic E-state index is -1.19. The fraction of sp³-hybridized carbons (Fsp3) is 0.357. The second-order valence-electron chi connectivity index (χ2n) is 4.22. The van der Waals surface area contributed by atoms with Crippen molar-refractivity contribution in [3.05, 3.63) is 35.4 Å². The van der Waals surface area contributed by atoms with Gasteiger partial charge in [0.25, 0.3) is 0 Å². The summed E-state index contributed by atoms with van der Waals surface area (Å²) in [6.07, 6.45) is -2.24. The zero-order valence-corrected chi connectivity index (χ0v) is 10.7. The Balaban J connectivity index is 2.31. The van der Waals surface area contributed by atoms with E-state index in [1.54, 1.807) is 31.2 Å². The molecule has 2 atom stereocenters. The van der Waals surface area contributed by atoms with Crippen LogP contribution in [0.15, 0.2) is 24.3 Å². The highest BCUT2D eigenvalue weighted by Gasteiger charge is 2.40. The second kappa shape index (κ2) is 5.32. The van der Waals surface area contributed by atoms with Gasteiger partial charge in [-0.15, -0.1) is 0 Å². The molecule has 1 aromatic carbocycles. The highest BCUT2D eigenvalue weighted by Crippen LogP contribution is 2.32. The van der Waals surface area contributed by atoms with E-state index in [4.69, 9.17) is 9.47 Å². The lowest BCUT2D eigenvalue weighted by Gasteiger charge is -2.16. The van der Waals surface area contributed by atoms with E-state index in [-0.39, 0.29) is 6.61 Å². The molecule has 2 rings (SSSR count). The van der Waals surface area contributed by atoms with Crippen LogP contribution in [-0.4, -0.2) is 30.2 Å². The molecule has 0 saturated carbocycles. The number of rotatable bonds is 5. The first-order valence-corrected chi connectivity index (χ1v) is 6.02. The molecule has 0 spiro atoms. The van der Waals surface area contributed by atoms with Gasteiger partial charge in [0.1, 0.15) is 0 Å². The molecule has 0 aromatic heterocycles. The highest BCUT2D eigenvalue weighted by molar-refractivity contribution is 6.09. The predicted octanol–water partition coefficient (Wildman–Crippen LogP) is 1.46. The number of esters is 1. The van der Waals surface area contributed by atoms with Gasteiger partial charge in [-0.3, -0.25) is 9.59 Å². The lowest BCUT2D eigenvalue weighted by molar-refractivity contribution is -0.146. The maximum Gasteiger partial charge on any atom is 0.339 e. The van der Waals surface area contributed by atoms with Crippen LogP contribution in [0, 0.1) is 0 Å². The maximum atomic E-state index is 12.3. The third-order valence-electron chi connectivity index (χ3n) is 2.91. The normalized spacial score (nSPS) is 18.6. The molecular formula is C14H14O5. The molecule has 0 saturated heterocycles. The molecule has 1 heterocycles. The summed E-state index contributed by atoms with van der Waals surface area (Å²) in [4.78, 5) is 35.3. The minimum Gasteiger partial charge on any atom is -0.446 e. The van der Waals surface area contributed by atoms with Gasteiger partial charge in [0.2, 0.25) is 5.78 Å². The standard InChI is InChI=1S/C14H14O5/c1-3-18-12(8(2)15)11(16)13-9-6-4-5-7-10(9)14(17)19-13/h4-7,12-13H,3H2,1-2H3. The molecule has 0 bridgehead atoms. The molecular weight excluding hydrogens is 248 g/mol. The van der Waals surface area contributed by atoms with Gasteiger partial charge in [-0.2, -0.15) is 0 Å². The molecule has 5 nitrogen and oxygen atoms in total. The molecule has 0 fully saturated rings. The third-order valence-corrected chi connectivity index (χ3v) is 2.91. The monoisotopic (exact) mass is 262 g/mol. The lowest BCUT2D eigenvalue weighted by Crippen LogP contribution is -2.35. The van der Waals surface area contributed by atoms with Crippen molar-refractivity contribution < 1.29 is 23.9 Å². The number of cyclic esters (lactones) is 1. The Morgan fingerprint density at radius 2 is 2.05 bits per heavy atom. The van der Waals surface area contributed by atoms with Gasteiger partial charge in [0, 0.05) is 12.2 Å². The zero-order valence-electron chi connectivity index (χ0n) is 10.7.